The van der Waals surface area contributed by atoms with Crippen LogP contribution in [0.1, 0.15) is 22.3 Å². The molecule has 1 atom stereocenters. The number of aryl methyl sites for hydroxylation is 3. The molecule has 2 N–H and O–H groups in total. The lowest BCUT2D eigenvalue weighted by molar-refractivity contribution is -0.139. The molecule has 0 unspecified atom stereocenters. The fourth-order valence-corrected chi connectivity index (χ4v) is 6.01. The summed E-state index contributed by atoms with van der Waals surface area (Å²) in [6.07, 6.45) is -0.336. The Morgan fingerprint density at radius 1 is 1.06 bits per heavy atom. The molecule has 1 fully saturated rings. The highest BCUT2D eigenvalue weighted by atomic mass is 32.2. The number of rotatable bonds is 8. The molecule has 0 spiro atoms. The van der Waals surface area contributed by atoms with Crippen LogP contribution in [0.25, 0.3) is 0 Å². The molecule has 0 radical (unpaired) electrons. The van der Waals surface area contributed by atoms with Crippen LogP contribution < -0.4 is 15.4 Å². The number of carbonyl (C=O) groups is 2. The predicted octanol–water partition coefficient (Wildman–Crippen LogP) is 1.44. The Morgan fingerprint density at radius 3 is 2.29 bits per heavy atom. The number of benzene rings is 2. The van der Waals surface area contributed by atoms with Gasteiger partial charge in [-0.05, 0) is 56.0 Å². The predicted molar refractivity (Wildman–Crippen MR) is 127 cm³/mol. The average molecular weight is 490 g/mol. The van der Waals surface area contributed by atoms with E-state index >= 15 is 0 Å². The van der Waals surface area contributed by atoms with E-state index in [-0.39, 0.29) is 31.1 Å². The van der Waals surface area contributed by atoms with Gasteiger partial charge in [0, 0.05) is 13.1 Å². The molecule has 184 valence electrons. The van der Waals surface area contributed by atoms with E-state index in [1.54, 1.807) is 21.0 Å². The molecule has 2 aromatic rings. The molecule has 1 saturated heterocycles. The first-order valence-electron chi connectivity index (χ1n) is 11.0. The Balaban J connectivity index is 1.54. The van der Waals surface area contributed by atoms with Gasteiger partial charge in [0.15, 0.2) is 0 Å². The van der Waals surface area contributed by atoms with Gasteiger partial charge in [-0.15, -0.1) is 0 Å². The first-order chi connectivity index (χ1) is 16.1. The summed E-state index contributed by atoms with van der Waals surface area (Å²) >= 11 is 0. The largest absolute Gasteiger partial charge is 0.497 e. The number of nitrogens with one attached hydrogen (secondary N) is 2. The molecule has 1 aliphatic rings. The lowest BCUT2D eigenvalue weighted by Gasteiger charge is -2.24. The molecule has 10 heteroatoms. The number of hydrogen-bond acceptors (Lipinski definition) is 6. The fourth-order valence-electron chi connectivity index (χ4n) is 4.09. The summed E-state index contributed by atoms with van der Waals surface area (Å²) in [5.41, 5.74) is 3.28. The number of hydrogen-bond donors (Lipinski definition) is 2. The second-order valence-electron chi connectivity index (χ2n) is 8.23. The third-order valence-electron chi connectivity index (χ3n) is 5.62. The van der Waals surface area contributed by atoms with E-state index in [9.17, 15) is 18.0 Å². The first-order valence-corrected chi connectivity index (χ1v) is 12.5. The Labute approximate surface area is 200 Å². The zero-order valence-electron chi connectivity index (χ0n) is 19.9. The second-order valence-corrected chi connectivity index (χ2v) is 10.1. The number of ether oxygens (including phenoxy) is 2. The highest BCUT2D eigenvalue weighted by Crippen LogP contribution is 2.28. The fraction of sp³-hybridized carbons (Fsp3) is 0.417. The minimum absolute atomic E-state index is 0.131. The Kier molecular flexibility index (Phi) is 8.29. The SMILES string of the molecule is COc1ccc(CCNC(=O)C(=O)NC[C@H]2OCCN2S(=O)(=O)c2c(C)cc(C)cc2C)cc1. The minimum atomic E-state index is -3.84. The quantitative estimate of drug-likeness (QED) is 0.543. The van der Waals surface area contributed by atoms with Crippen molar-refractivity contribution in [3.05, 3.63) is 58.7 Å². The van der Waals surface area contributed by atoms with Gasteiger partial charge in [-0.25, -0.2) is 8.42 Å². The number of sulfonamides is 1. The summed E-state index contributed by atoms with van der Waals surface area (Å²) in [6, 6.07) is 11.1. The third kappa shape index (κ3) is 5.94. The van der Waals surface area contributed by atoms with Gasteiger partial charge in [0.2, 0.25) is 10.0 Å². The second kappa shape index (κ2) is 11.0. The van der Waals surface area contributed by atoms with E-state index in [1.807, 2.05) is 43.3 Å². The van der Waals surface area contributed by atoms with Crippen LogP contribution in [0.4, 0.5) is 0 Å². The normalized spacial score (nSPS) is 16.3. The molecule has 9 nitrogen and oxygen atoms in total. The summed E-state index contributed by atoms with van der Waals surface area (Å²) in [6.45, 7) is 5.96. The molecule has 1 aliphatic heterocycles. The van der Waals surface area contributed by atoms with Crippen LogP contribution >= 0.6 is 0 Å². The highest BCUT2D eigenvalue weighted by molar-refractivity contribution is 7.89. The molecule has 2 amide bonds. The van der Waals surface area contributed by atoms with Gasteiger partial charge in [-0.2, -0.15) is 4.31 Å². The zero-order chi connectivity index (χ0) is 24.9. The van der Waals surface area contributed by atoms with Crippen molar-refractivity contribution in [1.82, 2.24) is 14.9 Å². The molecular weight excluding hydrogens is 458 g/mol. The topological polar surface area (TPSA) is 114 Å². The van der Waals surface area contributed by atoms with E-state index in [0.717, 1.165) is 16.9 Å². The number of methoxy groups -OCH3 is 1. The Morgan fingerprint density at radius 2 is 1.68 bits per heavy atom. The van der Waals surface area contributed by atoms with Crippen LogP contribution in [0.15, 0.2) is 41.3 Å². The summed E-state index contributed by atoms with van der Waals surface area (Å²) < 4.78 is 38.6. The highest BCUT2D eigenvalue weighted by Gasteiger charge is 2.38. The van der Waals surface area contributed by atoms with Crippen molar-refractivity contribution < 1.29 is 27.5 Å². The van der Waals surface area contributed by atoms with E-state index in [2.05, 4.69) is 10.6 Å². The smallest absolute Gasteiger partial charge is 0.309 e. The van der Waals surface area contributed by atoms with Crippen LogP contribution in [0.3, 0.4) is 0 Å². The average Bonchev–Trinajstić information content (AvgIpc) is 3.26. The molecule has 34 heavy (non-hydrogen) atoms. The number of carbonyl (C=O) groups excluding carboxylic acids is 2. The molecular formula is C24H31N3O6S. The number of amides is 2. The molecule has 1 heterocycles. The standard InChI is InChI=1S/C24H31N3O6S/c1-16-13-17(2)22(18(3)14-16)34(30,31)27-11-12-33-21(27)15-26-24(29)23(28)25-10-9-19-5-7-20(32-4)8-6-19/h5-8,13-14,21H,9-12,15H2,1-4H3,(H,25,28)(H,26,29)/t21-/m1/s1. The molecule has 3 rings (SSSR count). The van der Waals surface area contributed by atoms with Gasteiger partial charge >= 0.3 is 11.8 Å². The maximum absolute atomic E-state index is 13.3. The van der Waals surface area contributed by atoms with Crippen LogP contribution in [0.5, 0.6) is 5.75 Å². The van der Waals surface area contributed by atoms with E-state index in [4.69, 9.17) is 9.47 Å². The van der Waals surface area contributed by atoms with E-state index in [0.29, 0.717) is 17.5 Å². The van der Waals surface area contributed by atoms with Crippen LogP contribution in [0.2, 0.25) is 0 Å². The monoisotopic (exact) mass is 489 g/mol. The van der Waals surface area contributed by atoms with Crippen molar-refractivity contribution in [3.63, 3.8) is 0 Å². The van der Waals surface area contributed by atoms with Crippen molar-refractivity contribution in [3.8, 4) is 5.75 Å². The maximum atomic E-state index is 13.3. The maximum Gasteiger partial charge on any atom is 0.309 e. The van der Waals surface area contributed by atoms with E-state index < -0.39 is 28.1 Å². The van der Waals surface area contributed by atoms with Crippen LogP contribution in [-0.4, -0.2) is 64.1 Å². The van der Waals surface area contributed by atoms with E-state index in [1.165, 1.54) is 4.31 Å². The molecule has 0 aromatic heterocycles. The minimum Gasteiger partial charge on any atom is -0.497 e. The summed E-state index contributed by atoms with van der Waals surface area (Å²) in [7, 11) is -2.25. The summed E-state index contributed by atoms with van der Waals surface area (Å²) in [5.74, 6) is -0.888. The van der Waals surface area contributed by atoms with Crippen LogP contribution in [-0.2, 0) is 30.8 Å². The number of nitrogens with zero attached hydrogens (tertiary/aromatic N) is 1. The molecule has 0 saturated carbocycles. The Bertz CT molecular complexity index is 1120. The van der Waals surface area contributed by atoms with Crippen molar-refractivity contribution in [1.29, 1.82) is 0 Å². The molecule has 0 aliphatic carbocycles. The first kappa shape index (κ1) is 25.7. The van der Waals surface area contributed by atoms with Crippen LogP contribution in [0, 0.1) is 20.8 Å². The van der Waals surface area contributed by atoms with Crippen molar-refractivity contribution in [2.24, 2.45) is 0 Å². The third-order valence-corrected chi connectivity index (χ3v) is 7.81. The summed E-state index contributed by atoms with van der Waals surface area (Å²) in [5, 5.41) is 5.05. The molecule has 0 bridgehead atoms. The zero-order valence-corrected chi connectivity index (χ0v) is 20.7. The van der Waals surface area contributed by atoms with Gasteiger partial charge in [0.05, 0.1) is 25.2 Å². The Hall–Kier alpha value is -2.95. The van der Waals surface area contributed by atoms with Gasteiger partial charge < -0.3 is 20.1 Å². The van der Waals surface area contributed by atoms with Crippen molar-refractivity contribution in [2.45, 2.75) is 38.3 Å². The van der Waals surface area contributed by atoms with Crippen molar-refractivity contribution >= 4 is 21.8 Å². The molecule has 2 aromatic carbocycles. The van der Waals surface area contributed by atoms with Gasteiger partial charge in [0.25, 0.3) is 0 Å². The lowest BCUT2D eigenvalue weighted by atomic mass is 10.1. The van der Waals surface area contributed by atoms with Gasteiger partial charge in [-0.1, -0.05) is 29.8 Å². The lowest BCUT2D eigenvalue weighted by Crippen LogP contribution is -2.47. The van der Waals surface area contributed by atoms with Crippen molar-refractivity contribution in [2.75, 3.05) is 33.4 Å². The van der Waals surface area contributed by atoms with Gasteiger partial charge in [0.1, 0.15) is 12.0 Å². The van der Waals surface area contributed by atoms with Gasteiger partial charge in [-0.3, -0.25) is 9.59 Å². The summed E-state index contributed by atoms with van der Waals surface area (Å²) in [4.78, 5) is 24.6.